The van der Waals surface area contributed by atoms with E-state index in [-0.39, 0.29) is 17.9 Å². The van der Waals surface area contributed by atoms with E-state index in [9.17, 15) is 9.18 Å². The van der Waals surface area contributed by atoms with Crippen LogP contribution in [0.2, 0.25) is 0 Å². The fraction of sp³-hybridized carbons (Fsp3) is 0.0714. The van der Waals surface area contributed by atoms with Gasteiger partial charge in [0.15, 0.2) is 5.75 Å². The van der Waals surface area contributed by atoms with E-state index in [1.54, 1.807) is 12.1 Å². The van der Waals surface area contributed by atoms with Crippen LogP contribution in [0.5, 0.6) is 5.75 Å². The van der Waals surface area contributed by atoms with Crippen LogP contribution in [-0.4, -0.2) is 11.1 Å². The Morgan fingerprint density at radius 2 is 1.95 bits per heavy atom. The van der Waals surface area contributed by atoms with Gasteiger partial charge in [0.1, 0.15) is 12.4 Å². The third-order valence-corrected chi connectivity index (χ3v) is 3.21. The summed E-state index contributed by atoms with van der Waals surface area (Å²) in [6, 6.07) is 8.72. The third-order valence-electron chi connectivity index (χ3n) is 2.62. The molecule has 3 N–H and O–H groups in total. The molecule has 4 nitrogen and oxygen atoms in total. The summed E-state index contributed by atoms with van der Waals surface area (Å²) >= 11 is 3.18. The van der Waals surface area contributed by atoms with Gasteiger partial charge in [-0.05, 0) is 39.7 Å². The van der Waals surface area contributed by atoms with Crippen LogP contribution in [0.4, 0.5) is 10.1 Å². The van der Waals surface area contributed by atoms with Crippen LogP contribution in [0.3, 0.4) is 0 Å². The minimum Gasteiger partial charge on any atom is -0.486 e. The van der Waals surface area contributed by atoms with E-state index in [0.29, 0.717) is 10.2 Å². The van der Waals surface area contributed by atoms with Crippen LogP contribution in [0.1, 0.15) is 15.9 Å². The largest absolute Gasteiger partial charge is 0.486 e. The normalized spacial score (nSPS) is 10.3. The Kier molecular flexibility index (Phi) is 4.24. The standard InChI is InChI=1S/C14H11BrFNO3/c15-11-5-10(16)6-12(17)13(11)20-7-8-1-3-9(4-2-8)14(18)19/h1-6H,7,17H2,(H,18,19). The molecule has 2 aromatic carbocycles. The number of ether oxygens (including phenoxy) is 1. The molecule has 0 amide bonds. The average Bonchev–Trinajstić information content (AvgIpc) is 2.38. The van der Waals surface area contributed by atoms with Crippen molar-refractivity contribution in [3.05, 3.63) is 57.8 Å². The van der Waals surface area contributed by atoms with Gasteiger partial charge in [-0.3, -0.25) is 0 Å². The highest BCUT2D eigenvalue weighted by Crippen LogP contribution is 2.32. The fourth-order valence-corrected chi connectivity index (χ4v) is 2.19. The van der Waals surface area contributed by atoms with Crippen molar-refractivity contribution < 1.29 is 19.0 Å². The maximum absolute atomic E-state index is 13.1. The molecule has 0 unspecified atom stereocenters. The smallest absolute Gasteiger partial charge is 0.335 e. The molecule has 2 rings (SSSR count). The first-order valence-electron chi connectivity index (χ1n) is 5.67. The van der Waals surface area contributed by atoms with Crippen LogP contribution in [-0.2, 0) is 6.61 Å². The molecule has 6 heteroatoms. The lowest BCUT2D eigenvalue weighted by Gasteiger charge is -2.11. The van der Waals surface area contributed by atoms with Gasteiger partial charge in [-0.1, -0.05) is 12.1 Å². The maximum atomic E-state index is 13.1. The Labute approximate surface area is 123 Å². The molecule has 0 heterocycles. The molecule has 0 saturated heterocycles. The first-order chi connectivity index (χ1) is 9.47. The molecule has 104 valence electrons. The van der Waals surface area contributed by atoms with Crippen molar-refractivity contribution in [2.75, 3.05) is 5.73 Å². The van der Waals surface area contributed by atoms with Crippen molar-refractivity contribution in [2.45, 2.75) is 6.61 Å². The number of aromatic carboxylic acids is 1. The van der Waals surface area contributed by atoms with Crippen LogP contribution in [0.15, 0.2) is 40.9 Å². The van der Waals surface area contributed by atoms with Gasteiger partial charge in [-0.2, -0.15) is 0 Å². The molecule has 0 spiro atoms. The van der Waals surface area contributed by atoms with E-state index < -0.39 is 11.8 Å². The molecule has 0 aliphatic heterocycles. The SMILES string of the molecule is Nc1cc(F)cc(Br)c1OCc1ccc(C(=O)O)cc1. The van der Waals surface area contributed by atoms with Crippen molar-refractivity contribution in [3.8, 4) is 5.75 Å². The van der Waals surface area contributed by atoms with Gasteiger partial charge in [0.2, 0.25) is 0 Å². The number of halogens is 2. The van der Waals surface area contributed by atoms with E-state index >= 15 is 0 Å². The number of carbonyl (C=O) groups is 1. The maximum Gasteiger partial charge on any atom is 0.335 e. The second kappa shape index (κ2) is 5.92. The first-order valence-corrected chi connectivity index (χ1v) is 6.46. The predicted octanol–water partition coefficient (Wildman–Crippen LogP) is 3.45. The third kappa shape index (κ3) is 3.27. The second-order valence-electron chi connectivity index (χ2n) is 4.10. The summed E-state index contributed by atoms with van der Waals surface area (Å²) in [6.07, 6.45) is 0. The van der Waals surface area contributed by atoms with Crippen molar-refractivity contribution >= 4 is 27.6 Å². The summed E-state index contributed by atoms with van der Waals surface area (Å²) in [5.41, 5.74) is 6.86. The lowest BCUT2D eigenvalue weighted by Crippen LogP contribution is -2.01. The highest BCUT2D eigenvalue weighted by molar-refractivity contribution is 9.10. The Balaban J connectivity index is 2.11. The summed E-state index contributed by atoms with van der Waals surface area (Å²) < 4.78 is 19.0. The van der Waals surface area contributed by atoms with Crippen LogP contribution < -0.4 is 10.5 Å². The van der Waals surface area contributed by atoms with Crippen LogP contribution in [0, 0.1) is 5.82 Å². The lowest BCUT2D eigenvalue weighted by atomic mass is 10.1. The minimum atomic E-state index is -0.983. The lowest BCUT2D eigenvalue weighted by molar-refractivity contribution is 0.0697. The number of carboxylic acid groups (broad SMARTS) is 1. The molecule has 0 fully saturated rings. The molecule has 0 saturated carbocycles. The van der Waals surface area contributed by atoms with Crippen molar-refractivity contribution in [1.82, 2.24) is 0 Å². The summed E-state index contributed by atoms with van der Waals surface area (Å²) in [7, 11) is 0. The van der Waals surface area contributed by atoms with E-state index in [1.807, 2.05) is 0 Å². The number of nitrogen functional groups attached to an aromatic ring is 1. The second-order valence-corrected chi connectivity index (χ2v) is 4.95. The Morgan fingerprint density at radius 1 is 1.30 bits per heavy atom. The summed E-state index contributed by atoms with van der Waals surface area (Å²) in [5.74, 6) is -1.08. The predicted molar refractivity (Wildman–Crippen MR) is 76.2 cm³/mol. The summed E-state index contributed by atoms with van der Waals surface area (Å²) in [6.45, 7) is 0.203. The molecule has 0 aliphatic carbocycles. The van der Waals surface area contributed by atoms with Gasteiger partial charge >= 0.3 is 5.97 Å². The average molecular weight is 340 g/mol. The Bertz CT molecular complexity index is 620. The van der Waals surface area contributed by atoms with Crippen molar-refractivity contribution in [3.63, 3.8) is 0 Å². The van der Waals surface area contributed by atoms with Gasteiger partial charge in [0, 0.05) is 6.07 Å². The Morgan fingerprint density at radius 3 is 2.50 bits per heavy atom. The molecule has 0 radical (unpaired) electrons. The van der Waals surface area contributed by atoms with Gasteiger partial charge in [0.25, 0.3) is 0 Å². The molecule has 0 aromatic heterocycles. The zero-order chi connectivity index (χ0) is 14.7. The number of hydrogen-bond donors (Lipinski definition) is 2. The number of benzene rings is 2. The van der Waals surface area contributed by atoms with E-state index in [1.165, 1.54) is 24.3 Å². The number of anilines is 1. The Hall–Kier alpha value is -2.08. The minimum absolute atomic E-state index is 0.194. The van der Waals surface area contributed by atoms with Crippen LogP contribution in [0.25, 0.3) is 0 Å². The highest BCUT2D eigenvalue weighted by atomic mass is 79.9. The molecule has 0 atom stereocenters. The van der Waals surface area contributed by atoms with Crippen LogP contribution >= 0.6 is 15.9 Å². The van der Waals surface area contributed by atoms with Crippen molar-refractivity contribution in [1.29, 1.82) is 0 Å². The van der Waals surface area contributed by atoms with E-state index in [0.717, 1.165) is 5.56 Å². The highest BCUT2D eigenvalue weighted by Gasteiger charge is 2.09. The number of nitrogens with two attached hydrogens (primary N) is 1. The fourth-order valence-electron chi connectivity index (χ4n) is 1.63. The van der Waals surface area contributed by atoms with Gasteiger partial charge in [0.05, 0.1) is 15.7 Å². The first kappa shape index (κ1) is 14.3. The molecule has 0 aliphatic rings. The molecular weight excluding hydrogens is 329 g/mol. The van der Waals surface area contributed by atoms with Crippen molar-refractivity contribution in [2.24, 2.45) is 0 Å². The van der Waals surface area contributed by atoms with E-state index in [2.05, 4.69) is 15.9 Å². The molecular formula is C14H11BrFNO3. The van der Waals surface area contributed by atoms with E-state index in [4.69, 9.17) is 15.6 Å². The van der Waals surface area contributed by atoms with Gasteiger partial charge < -0.3 is 15.6 Å². The molecule has 0 bridgehead atoms. The summed E-state index contributed by atoms with van der Waals surface area (Å²) in [4.78, 5) is 10.7. The zero-order valence-corrected chi connectivity index (χ0v) is 11.9. The quantitative estimate of drug-likeness (QED) is 0.837. The van der Waals surface area contributed by atoms with Gasteiger partial charge in [-0.25, -0.2) is 9.18 Å². The monoisotopic (exact) mass is 339 g/mol. The molecule has 2 aromatic rings. The van der Waals surface area contributed by atoms with Gasteiger partial charge in [-0.15, -0.1) is 0 Å². The molecule has 20 heavy (non-hydrogen) atoms. The summed E-state index contributed by atoms with van der Waals surface area (Å²) in [5, 5.41) is 8.79. The number of carboxylic acids is 1. The number of rotatable bonds is 4. The zero-order valence-electron chi connectivity index (χ0n) is 10.3. The topological polar surface area (TPSA) is 72.5 Å². The number of hydrogen-bond acceptors (Lipinski definition) is 3.